The minimum absolute atomic E-state index is 0.0455. The van der Waals surface area contributed by atoms with E-state index in [4.69, 9.17) is 9.15 Å². The number of amides is 2. The highest BCUT2D eigenvalue weighted by Crippen LogP contribution is 2.28. The number of hydrogen-bond donors (Lipinski definition) is 1. The third kappa shape index (κ3) is 3.50. The van der Waals surface area contributed by atoms with Crippen molar-refractivity contribution in [3.05, 3.63) is 60.1 Å². The third-order valence-electron chi connectivity index (χ3n) is 5.06. The summed E-state index contributed by atoms with van der Waals surface area (Å²) in [6.07, 6.45) is 3.48. The zero-order chi connectivity index (χ0) is 18.8. The van der Waals surface area contributed by atoms with Crippen molar-refractivity contribution >= 4 is 17.6 Å². The molecule has 7 heteroatoms. The number of carbonyl (C=O) groups excluding carboxylic acids is 3. The Morgan fingerprint density at radius 3 is 2.78 bits per heavy atom. The van der Waals surface area contributed by atoms with Crippen LogP contribution in [0.1, 0.15) is 22.3 Å². The summed E-state index contributed by atoms with van der Waals surface area (Å²) in [5, 5.41) is 2.80. The highest BCUT2D eigenvalue weighted by molar-refractivity contribution is 5.99. The number of nitrogens with one attached hydrogen (secondary N) is 1. The van der Waals surface area contributed by atoms with E-state index in [1.165, 1.54) is 12.5 Å². The number of benzene rings is 1. The van der Waals surface area contributed by atoms with Gasteiger partial charge in [0.1, 0.15) is 25.0 Å². The number of ether oxygens (including phenoxy) is 1. The Bertz CT molecular complexity index is 833. The van der Waals surface area contributed by atoms with Gasteiger partial charge in [-0.05, 0) is 18.1 Å². The monoisotopic (exact) mass is 368 g/mol. The summed E-state index contributed by atoms with van der Waals surface area (Å²) in [5.41, 5.74) is 1.27. The number of rotatable bonds is 5. The van der Waals surface area contributed by atoms with Crippen LogP contribution in [0.4, 0.5) is 0 Å². The molecule has 4 rings (SSSR count). The zero-order valence-corrected chi connectivity index (χ0v) is 14.7. The van der Waals surface area contributed by atoms with Crippen LogP contribution in [-0.4, -0.2) is 53.8 Å². The van der Waals surface area contributed by atoms with E-state index < -0.39 is 12.1 Å². The summed E-state index contributed by atoms with van der Waals surface area (Å²) < 4.78 is 10.4. The molecule has 27 heavy (non-hydrogen) atoms. The summed E-state index contributed by atoms with van der Waals surface area (Å²) in [7, 11) is 0. The molecular weight excluding hydrogens is 348 g/mol. The molecule has 2 aliphatic rings. The lowest BCUT2D eigenvalue weighted by Gasteiger charge is -2.27. The fraction of sp³-hybridized carbons (Fsp3) is 0.350. The standard InChI is InChI=1S/C20H20N2O5/c23-16-12-27-17-6-8-22(18(16)17)20(25)15(10-13-4-2-1-3-5-13)21-19(24)14-7-9-26-11-14/h1-5,7,9,11,15,17-18H,6,8,10,12H2,(H,21,24)/t15-,17?,18?/m0/s1. The van der Waals surface area contributed by atoms with Crippen molar-refractivity contribution < 1.29 is 23.5 Å². The molecule has 3 atom stereocenters. The van der Waals surface area contributed by atoms with Crippen LogP contribution in [0.25, 0.3) is 0 Å². The Morgan fingerprint density at radius 2 is 2.04 bits per heavy atom. The SMILES string of the molecule is O=C(N[C@@H](Cc1ccccc1)C(=O)N1CCC2OCC(=O)C21)c1ccoc1. The van der Waals surface area contributed by atoms with Gasteiger partial charge in [0.2, 0.25) is 5.91 Å². The number of carbonyl (C=O) groups is 3. The van der Waals surface area contributed by atoms with Crippen molar-refractivity contribution in [3.63, 3.8) is 0 Å². The largest absolute Gasteiger partial charge is 0.472 e. The number of fused-ring (bicyclic) bond motifs is 1. The molecule has 0 saturated carbocycles. The summed E-state index contributed by atoms with van der Waals surface area (Å²) in [4.78, 5) is 39.4. The molecule has 1 aromatic heterocycles. The minimum Gasteiger partial charge on any atom is -0.472 e. The Morgan fingerprint density at radius 1 is 1.22 bits per heavy atom. The first-order chi connectivity index (χ1) is 13.1. The van der Waals surface area contributed by atoms with Crippen LogP contribution in [0, 0.1) is 0 Å². The molecule has 7 nitrogen and oxygen atoms in total. The maximum atomic E-state index is 13.2. The lowest BCUT2D eigenvalue weighted by atomic mass is 10.0. The second-order valence-electron chi connectivity index (χ2n) is 6.81. The number of hydrogen-bond acceptors (Lipinski definition) is 5. The Kier molecular flexibility index (Phi) is 4.77. The van der Waals surface area contributed by atoms with E-state index in [2.05, 4.69) is 5.32 Å². The van der Waals surface area contributed by atoms with Gasteiger partial charge in [0.05, 0.1) is 17.9 Å². The molecule has 2 aromatic rings. The maximum absolute atomic E-state index is 13.2. The quantitative estimate of drug-likeness (QED) is 0.856. The Balaban J connectivity index is 1.55. The van der Waals surface area contributed by atoms with E-state index in [1.807, 2.05) is 30.3 Å². The summed E-state index contributed by atoms with van der Waals surface area (Å²) in [6, 6.07) is 9.69. The van der Waals surface area contributed by atoms with Crippen LogP contribution in [0.5, 0.6) is 0 Å². The highest BCUT2D eigenvalue weighted by Gasteiger charge is 2.48. The van der Waals surface area contributed by atoms with E-state index in [9.17, 15) is 14.4 Å². The highest BCUT2D eigenvalue weighted by atomic mass is 16.5. The van der Waals surface area contributed by atoms with Gasteiger partial charge in [0.15, 0.2) is 5.78 Å². The topological polar surface area (TPSA) is 88.9 Å². The van der Waals surface area contributed by atoms with E-state index in [0.717, 1.165) is 5.56 Å². The predicted molar refractivity (Wildman–Crippen MR) is 95.0 cm³/mol. The van der Waals surface area contributed by atoms with Gasteiger partial charge in [-0.2, -0.15) is 0 Å². The molecule has 1 N–H and O–H groups in total. The van der Waals surface area contributed by atoms with E-state index in [0.29, 0.717) is 24.9 Å². The number of ketones is 1. The molecule has 3 heterocycles. The van der Waals surface area contributed by atoms with Crippen LogP contribution in [-0.2, 0) is 20.7 Å². The minimum atomic E-state index is -0.776. The molecule has 140 valence electrons. The fourth-order valence-corrected chi connectivity index (χ4v) is 3.73. The molecule has 2 saturated heterocycles. The number of furan rings is 1. The van der Waals surface area contributed by atoms with Crippen molar-refractivity contribution in [1.29, 1.82) is 0 Å². The molecule has 0 bridgehead atoms. The van der Waals surface area contributed by atoms with Crippen LogP contribution >= 0.6 is 0 Å². The van der Waals surface area contributed by atoms with Gasteiger partial charge < -0.3 is 19.4 Å². The summed E-state index contributed by atoms with van der Waals surface area (Å²) in [6.45, 7) is 0.497. The molecule has 0 spiro atoms. The average Bonchev–Trinajstić information content (AvgIpc) is 3.41. The molecular formula is C20H20N2O5. The average molecular weight is 368 g/mol. The normalized spacial score (nSPS) is 22.5. The fourth-order valence-electron chi connectivity index (χ4n) is 3.73. The van der Waals surface area contributed by atoms with Crippen molar-refractivity contribution in [2.24, 2.45) is 0 Å². The summed E-state index contributed by atoms with van der Waals surface area (Å²) in [5.74, 6) is -0.727. The van der Waals surface area contributed by atoms with Crippen molar-refractivity contribution in [3.8, 4) is 0 Å². The first-order valence-electron chi connectivity index (χ1n) is 8.95. The molecule has 0 radical (unpaired) electrons. The van der Waals surface area contributed by atoms with Crippen molar-refractivity contribution in [2.45, 2.75) is 31.0 Å². The van der Waals surface area contributed by atoms with Gasteiger partial charge in [-0.25, -0.2) is 0 Å². The van der Waals surface area contributed by atoms with Crippen molar-refractivity contribution in [2.75, 3.05) is 13.2 Å². The lowest BCUT2D eigenvalue weighted by molar-refractivity contribution is -0.138. The first kappa shape index (κ1) is 17.5. The van der Waals surface area contributed by atoms with Gasteiger partial charge in [-0.1, -0.05) is 30.3 Å². The molecule has 0 aliphatic carbocycles. The number of nitrogens with zero attached hydrogens (tertiary/aromatic N) is 1. The Labute approximate surface area is 156 Å². The van der Waals surface area contributed by atoms with Crippen molar-refractivity contribution in [1.82, 2.24) is 10.2 Å². The molecule has 1 aromatic carbocycles. The summed E-state index contributed by atoms with van der Waals surface area (Å²) >= 11 is 0. The van der Waals surface area contributed by atoms with Gasteiger partial charge in [-0.15, -0.1) is 0 Å². The third-order valence-corrected chi connectivity index (χ3v) is 5.06. The maximum Gasteiger partial charge on any atom is 0.255 e. The van der Waals surface area contributed by atoms with Crippen LogP contribution < -0.4 is 5.32 Å². The van der Waals surface area contributed by atoms with Gasteiger partial charge in [0.25, 0.3) is 5.91 Å². The molecule has 2 amide bonds. The molecule has 2 aliphatic heterocycles. The van der Waals surface area contributed by atoms with Gasteiger partial charge >= 0.3 is 0 Å². The lowest BCUT2D eigenvalue weighted by Crippen LogP contribution is -2.53. The van der Waals surface area contributed by atoms with E-state index in [1.54, 1.807) is 11.0 Å². The number of likely N-dealkylation sites (tertiary alicyclic amines) is 1. The predicted octanol–water partition coefficient (Wildman–Crippen LogP) is 1.19. The second-order valence-corrected chi connectivity index (χ2v) is 6.81. The van der Waals surface area contributed by atoms with E-state index >= 15 is 0 Å². The molecule has 2 fully saturated rings. The van der Waals surface area contributed by atoms with Crippen LogP contribution in [0.2, 0.25) is 0 Å². The first-order valence-corrected chi connectivity index (χ1v) is 8.95. The zero-order valence-electron chi connectivity index (χ0n) is 14.7. The smallest absolute Gasteiger partial charge is 0.255 e. The second kappa shape index (κ2) is 7.36. The van der Waals surface area contributed by atoms with Crippen LogP contribution in [0.15, 0.2) is 53.3 Å². The van der Waals surface area contributed by atoms with Gasteiger partial charge in [-0.3, -0.25) is 14.4 Å². The molecule has 2 unspecified atom stereocenters. The van der Waals surface area contributed by atoms with E-state index in [-0.39, 0.29) is 30.3 Å². The van der Waals surface area contributed by atoms with Crippen LogP contribution in [0.3, 0.4) is 0 Å². The number of Topliss-reactive ketones (excluding diaryl/α,β-unsaturated/α-hetero) is 1. The Hall–Kier alpha value is -2.93. The van der Waals surface area contributed by atoms with Gasteiger partial charge in [0, 0.05) is 13.0 Å².